The normalized spacial score (nSPS) is 10.6. The summed E-state index contributed by atoms with van der Waals surface area (Å²) in [6.45, 7) is 1.96. The highest BCUT2D eigenvalue weighted by Gasteiger charge is 2.02. The van der Waals surface area contributed by atoms with Crippen molar-refractivity contribution in [2.45, 2.75) is 6.92 Å². The zero-order chi connectivity index (χ0) is 9.42. The Hall–Kier alpha value is -1.09. The lowest BCUT2D eigenvalue weighted by atomic mass is 10.2. The molecular formula is C10H9BrN2. The first-order valence-corrected chi connectivity index (χ1v) is 4.79. The molecule has 0 aliphatic carbocycles. The molecule has 1 aromatic carbocycles. The highest BCUT2D eigenvalue weighted by Crippen LogP contribution is 2.27. The molecule has 0 amide bonds. The number of benzene rings is 1. The molecule has 2 nitrogen and oxygen atoms in total. The Labute approximate surface area is 84.9 Å². The van der Waals surface area contributed by atoms with Gasteiger partial charge in [-0.05, 0) is 35.0 Å². The van der Waals surface area contributed by atoms with Crippen molar-refractivity contribution in [1.29, 1.82) is 0 Å². The van der Waals surface area contributed by atoms with Crippen molar-refractivity contribution in [3.8, 4) is 0 Å². The molecule has 2 N–H and O–H groups in total. The number of nitrogen functional groups attached to an aromatic ring is 1. The molecule has 0 unspecified atom stereocenters. The number of halogens is 1. The van der Waals surface area contributed by atoms with E-state index in [1.165, 1.54) is 0 Å². The van der Waals surface area contributed by atoms with Crippen molar-refractivity contribution in [3.63, 3.8) is 0 Å². The molecule has 0 aliphatic heterocycles. The van der Waals surface area contributed by atoms with E-state index in [2.05, 4.69) is 20.9 Å². The van der Waals surface area contributed by atoms with E-state index in [1.54, 1.807) is 0 Å². The van der Waals surface area contributed by atoms with Crippen LogP contribution in [0, 0.1) is 6.92 Å². The molecule has 2 rings (SSSR count). The van der Waals surface area contributed by atoms with Gasteiger partial charge in [0.2, 0.25) is 0 Å². The number of aryl methyl sites for hydroxylation is 1. The Morgan fingerprint density at radius 3 is 2.69 bits per heavy atom. The van der Waals surface area contributed by atoms with Gasteiger partial charge in [0.15, 0.2) is 0 Å². The molecule has 3 heteroatoms. The molecule has 0 atom stereocenters. The molecule has 66 valence electrons. The van der Waals surface area contributed by atoms with E-state index in [-0.39, 0.29) is 0 Å². The van der Waals surface area contributed by atoms with Crippen LogP contribution in [0.1, 0.15) is 5.69 Å². The molecular weight excluding hydrogens is 228 g/mol. The maximum atomic E-state index is 5.88. The molecule has 13 heavy (non-hydrogen) atoms. The Balaban J connectivity index is 2.89. The lowest BCUT2D eigenvalue weighted by Gasteiger charge is -2.03. The number of hydrogen-bond acceptors (Lipinski definition) is 2. The Morgan fingerprint density at radius 2 is 1.92 bits per heavy atom. The van der Waals surface area contributed by atoms with Gasteiger partial charge in [0.25, 0.3) is 0 Å². The van der Waals surface area contributed by atoms with Gasteiger partial charge in [-0.25, -0.2) is 0 Å². The molecule has 0 bridgehead atoms. The summed E-state index contributed by atoms with van der Waals surface area (Å²) >= 11 is 3.38. The highest BCUT2D eigenvalue weighted by molar-refractivity contribution is 9.10. The standard InChI is InChI=1S/C10H9BrN2/c1-6-2-3-7-4-5-8(11)9(12)10(7)13-6/h2-5H,12H2,1H3. The van der Waals surface area contributed by atoms with Crippen LogP contribution in [0.25, 0.3) is 10.9 Å². The minimum atomic E-state index is 0.709. The van der Waals surface area contributed by atoms with Crippen LogP contribution in [-0.2, 0) is 0 Å². The molecule has 0 fully saturated rings. The number of aromatic nitrogens is 1. The number of nitrogens with two attached hydrogens (primary N) is 1. The summed E-state index contributed by atoms with van der Waals surface area (Å²) in [4.78, 5) is 4.38. The van der Waals surface area contributed by atoms with Gasteiger partial charge < -0.3 is 5.73 Å². The van der Waals surface area contributed by atoms with Crippen molar-refractivity contribution in [1.82, 2.24) is 4.98 Å². The van der Waals surface area contributed by atoms with Crippen LogP contribution in [0.4, 0.5) is 5.69 Å². The van der Waals surface area contributed by atoms with E-state index in [0.29, 0.717) is 5.69 Å². The molecule has 1 aromatic heterocycles. The van der Waals surface area contributed by atoms with E-state index >= 15 is 0 Å². The zero-order valence-electron chi connectivity index (χ0n) is 7.21. The lowest BCUT2D eigenvalue weighted by molar-refractivity contribution is 1.26. The first-order valence-electron chi connectivity index (χ1n) is 4.00. The third kappa shape index (κ3) is 1.40. The van der Waals surface area contributed by atoms with Crippen molar-refractivity contribution in [2.24, 2.45) is 0 Å². The SMILES string of the molecule is Cc1ccc2ccc(Br)c(N)c2n1. The summed E-state index contributed by atoms with van der Waals surface area (Å²) in [5, 5.41) is 1.08. The quantitative estimate of drug-likeness (QED) is 0.715. The van der Waals surface area contributed by atoms with E-state index in [0.717, 1.165) is 21.1 Å². The second-order valence-electron chi connectivity index (χ2n) is 2.99. The number of pyridine rings is 1. The Bertz CT molecular complexity index is 460. The fraction of sp³-hybridized carbons (Fsp3) is 0.100. The topological polar surface area (TPSA) is 38.9 Å². The molecule has 0 spiro atoms. The van der Waals surface area contributed by atoms with E-state index < -0.39 is 0 Å². The molecule has 0 saturated heterocycles. The lowest BCUT2D eigenvalue weighted by Crippen LogP contribution is -1.92. The van der Waals surface area contributed by atoms with Gasteiger partial charge in [-0.1, -0.05) is 12.1 Å². The fourth-order valence-electron chi connectivity index (χ4n) is 1.28. The van der Waals surface area contributed by atoms with Gasteiger partial charge >= 0.3 is 0 Å². The van der Waals surface area contributed by atoms with Crippen LogP contribution >= 0.6 is 15.9 Å². The smallest absolute Gasteiger partial charge is 0.0945 e. The predicted molar refractivity (Wildman–Crippen MR) is 58.6 cm³/mol. The van der Waals surface area contributed by atoms with E-state index in [1.807, 2.05) is 31.2 Å². The molecule has 2 aromatic rings. The molecule has 0 aliphatic rings. The minimum Gasteiger partial charge on any atom is -0.396 e. The Kier molecular flexibility index (Phi) is 1.96. The third-order valence-electron chi connectivity index (χ3n) is 1.99. The third-order valence-corrected chi connectivity index (χ3v) is 2.68. The highest BCUT2D eigenvalue weighted by atomic mass is 79.9. The van der Waals surface area contributed by atoms with Gasteiger partial charge in [-0.2, -0.15) is 0 Å². The van der Waals surface area contributed by atoms with Gasteiger partial charge in [0.05, 0.1) is 11.2 Å². The van der Waals surface area contributed by atoms with Crippen molar-refractivity contribution in [2.75, 3.05) is 5.73 Å². The van der Waals surface area contributed by atoms with Gasteiger partial charge in [-0.3, -0.25) is 4.98 Å². The van der Waals surface area contributed by atoms with Crippen molar-refractivity contribution >= 4 is 32.5 Å². The monoisotopic (exact) mass is 236 g/mol. The number of anilines is 1. The van der Waals surface area contributed by atoms with Crippen LogP contribution < -0.4 is 5.73 Å². The average molecular weight is 237 g/mol. The summed E-state index contributed by atoms with van der Waals surface area (Å²) in [5.41, 5.74) is 8.44. The maximum Gasteiger partial charge on any atom is 0.0945 e. The van der Waals surface area contributed by atoms with E-state index in [4.69, 9.17) is 5.73 Å². The zero-order valence-corrected chi connectivity index (χ0v) is 8.80. The number of nitrogens with zero attached hydrogens (tertiary/aromatic N) is 1. The van der Waals surface area contributed by atoms with Crippen molar-refractivity contribution in [3.05, 3.63) is 34.4 Å². The van der Waals surface area contributed by atoms with Crippen LogP contribution in [0.3, 0.4) is 0 Å². The largest absolute Gasteiger partial charge is 0.396 e. The maximum absolute atomic E-state index is 5.88. The summed E-state index contributed by atoms with van der Waals surface area (Å²) in [6.07, 6.45) is 0. The van der Waals surface area contributed by atoms with Crippen LogP contribution in [0.2, 0.25) is 0 Å². The first-order chi connectivity index (χ1) is 6.18. The van der Waals surface area contributed by atoms with Gasteiger partial charge in [-0.15, -0.1) is 0 Å². The molecule has 0 saturated carbocycles. The number of hydrogen-bond donors (Lipinski definition) is 1. The van der Waals surface area contributed by atoms with Crippen LogP contribution in [0.15, 0.2) is 28.7 Å². The minimum absolute atomic E-state index is 0.709. The van der Waals surface area contributed by atoms with Crippen LogP contribution in [-0.4, -0.2) is 4.98 Å². The van der Waals surface area contributed by atoms with Crippen LogP contribution in [0.5, 0.6) is 0 Å². The summed E-state index contributed by atoms with van der Waals surface area (Å²) < 4.78 is 0.901. The number of fused-ring (bicyclic) bond motifs is 1. The van der Waals surface area contributed by atoms with Crippen molar-refractivity contribution < 1.29 is 0 Å². The summed E-state index contributed by atoms with van der Waals surface area (Å²) in [5.74, 6) is 0. The Morgan fingerprint density at radius 1 is 1.23 bits per heavy atom. The predicted octanol–water partition coefficient (Wildman–Crippen LogP) is 2.89. The summed E-state index contributed by atoms with van der Waals surface area (Å²) in [6, 6.07) is 7.95. The second kappa shape index (κ2) is 3.00. The van der Waals surface area contributed by atoms with Gasteiger partial charge in [0, 0.05) is 15.6 Å². The average Bonchev–Trinajstić information content (AvgIpc) is 2.12. The number of rotatable bonds is 0. The first kappa shape index (κ1) is 8.51. The fourth-order valence-corrected chi connectivity index (χ4v) is 1.60. The van der Waals surface area contributed by atoms with E-state index in [9.17, 15) is 0 Å². The molecule has 1 heterocycles. The molecule has 0 radical (unpaired) electrons. The second-order valence-corrected chi connectivity index (χ2v) is 3.84. The summed E-state index contributed by atoms with van der Waals surface area (Å²) in [7, 11) is 0. The van der Waals surface area contributed by atoms with Gasteiger partial charge in [0.1, 0.15) is 0 Å².